The van der Waals surface area contributed by atoms with Crippen LogP contribution in [-0.4, -0.2) is 31.9 Å². The fourth-order valence-electron chi connectivity index (χ4n) is 2.93. The van der Waals surface area contributed by atoms with Crippen LogP contribution < -0.4 is 0 Å². The molecule has 1 N–H and O–H groups in total. The van der Waals surface area contributed by atoms with E-state index in [1.807, 2.05) is 10.7 Å². The van der Waals surface area contributed by atoms with Gasteiger partial charge < -0.3 is 4.74 Å². The largest absolute Gasteiger partial charge is 0.372 e. The van der Waals surface area contributed by atoms with E-state index in [1.54, 1.807) is 23.1 Å². The molecule has 0 fully saturated rings. The van der Waals surface area contributed by atoms with Crippen molar-refractivity contribution in [2.45, 2.75) is 38.1 Å². The zero-order valence-corrected chi connectivity index (χ0v) is 15.0. The van der Waals surface area contributed by atoms with Gasteiger partial charge in [-0.2, -0.15) is 5.10 Å². The highest BCUT2D eigenvalue weighted by Crippen LogP contribution is 2.39. The predicted molar refractivity (Wildman–Crippen MR) is 92.5 cm³/mol. The van der Waals surface area contributed by atoms with Crippen LogP contribution in [0.1, 0.15) is 24.3 Å². The summed E-state index contributed by atoms with van der Waals surface area (Å²) in [6.07, 6.45) is 3.18. The number of ether oxygens (including phenoxy) is 1. The van der Waals surface area contributed by atoms with Crippen molar-refractivity contribution < 1.29 is 4.74 Å². The summed E-state index contributed by atoms with van der Waals surface area (Å²) < 4.78 is 8.53. The maximum absolute atomic E-state index is 5.99. The first-order valence-electron chi connectivity index (χ1n) is 7.17. The average Bonchev–Trinajstić information content (AvgIpc) is 3.06. The van der Waals surface area contributed by atoms with Crippen LogP contribution in [0.2, 0.25) is 0 Å². The van der Waals surface area contributed by atoms with Crippen LogP contribution in [0.4, 0.5) is 0 Å². The second kappa shape index (κ2) is 5.30. The molecule has 0 saturated carbocycles. The molecular formula is C14H16N4OS3. The Hall–Kier alpha value is -0.960. The lowest BCUT2D eigenvalue weighted by Gasteiger charge is -2.26. The van der Waals surface area contributed by atoms with E-state index in [4.69, 9.17) is 21.9 Å². The highest BCUT2D eigenvalue weighted by Gasteiger charge is 2.28. The minimum Gasteiger partial charge on any atom is -0.372 e. The van der Waals surface area contributed by atoms with Crippen LogP contribution in [0.15, 0.2) is 5.16 Å². The minimum atomic E-state index is 0.257. The smallest absolute Gasteiger partial charge is 0.201 e. The number of nitrogens with one attached hydrogen (secondary N) is 1. The summed E-state index contributed by atoms with van der Waals surface area (Å²) in [5.74, 6) is 0.498. The maximum atomic E-state index is 5.99. The zero-order chi connectivity index (χ0) is 15.4. The van der Waals surface area contributed by atoms with Crippen molar-refractivity contribution in [1.29, 1.82) is 0 Å². The number of hydrogen-bond donors (Lipinski definition) is 1. The van der Waals surface area contributed by atoms with E-state index in [9.17, 15) is 0 Å². The SMILES string of the molecule is CSc1nc2sc3c(c2c2n[nH]c(=S)n12)C[C@@H](C(C)C)OC3. The van der Waals surface area contributed by atoms with Gasteiger partial charge in [0.15, 0.2) is 10.8 Å². The van der Waals surface area contributed by atoms with Crippen molar-refractivity contribution >= 4 is 51.2 Å². The molecule has 22 heavy (non-hydrogen) atoms. The lowest BCUT2D eigenvalue weighted by Crippen LogP contribution is -2.26. The Balaban J connectivity index is 2.04. The molecule has 0 saturated heterocycles. The Morgan fingerprint density at radius 1 is 1.50 bits per heavy atom. The van der Waals surface area contributed by atoms with Crippen LogP contribution in [0.5, 0.6) is 0 Å². The third kappa shape index (κ3) is 2.05. The molecule has 3 aromatic heterocycles. The number of aromatic nitrogens is 4. The lowest BCUT2D eigenvalue weighted by molar-refractivity contribution is 0.00203. The van der Waals surface area contributed by atoms with Crippen molar-refractivity contribution in [3.05, 3.63) is 15.2 Å². The molecule has 0 amide bonds. The fourth-order valence-corrected chi connectivity index (χ4v) is 4.92. The number of H-pyrrole nitrogens is 1. The standard InChI is InChI=1S/C14H16N4OS3/c1-6(2)8-4-7-9(5-19-8)22-12-10(7)11-16-17-13(20)18(11)14(15-12)21-3/h6,8H,4-5H2,1-3H3,(H,17,20)/t8-/m0/s1. The van der Waals surface area contributed by atoms with Gasteiger partial charge in [0.25, 0.3) is 0 Å². The lowest BCUT2D eigenvalue weighted by atomic mass is 9.96. The first-order valence-corrected chi connectivity index (χ1v) is 9.62. The van der Waals surface area contributed by atoms with Gasteiger partial charge in [-0.25, -0.2) is 9.38 Å². The van der Waals surface area contributed by atoms with Gasteiger partial charge in [0.1, 0.15) is 4.83 Å². The highest BCUT2D eigenvalue weighted by molar-refractivity contribution is 7.98. The normalized spacial score (nSPS) is 18.5. The van der Waals surface area contributed by atoms with Gasteiger partial charge in [0, 0.05) is 11.3 Å². The Labute approximate surface area is 141 Å². The van der Waals surface area contributed by atoms with E-state index in [0.29, 0.717) is 17.3 Å². The van der Waals surface area contributed by atoms with Gasteiger partial charge in [-0.1, -0.05) is 25.6 Å². The number of nitrogens with zero attached hydrogens (tertiary/aromatic N) is 3. The van der Waals surface area contributed by atoms with Crippen LogP contribution in [0.25, 0.3) is 15.9 Å². The molecule has 116 valence electrons. The van der Waals surface area contributed by atoms with E-state index in [-0.39, 0.29) is 6.10 Å². The summed E-state index contributed by atoms with van der Waals surface area (Å²) in [6.45, 7) is 5.08. The van der Waals surface area contributed by atoms with E-state index in [2.05, 4.69) is 24.0 Å². The molecule has 1 aliphatic heterocycles. The topological polar surface area (TPSA) is 55.2 Å². The monoisotopic (exact) mass is 352 g/mol. The molecule has 0 spiro atoms. The molecular weight excluding hydrogens is 336 g/mol. The zero-order valence-electron chi connectivity index (χ0n) is 12.5. The van der Waals surface area contributed by atoms with Crippen LogP contribution in [-0.2, 0) is 17.8 Å². The number of hydrogen-bond acceptors (Lipinski definition) is 6. The molecule has 3 aromatic rings. The van der Waals surface area contributed by atoms with E-state index in [0.717, 1.165) is 27.4 Å². The van der Waals surface area contributed by atoms with Gasteiger partial charge in [-0.15, -0.1) is 11.3 Å². The molecule has 0 aromatic carbocycles. The predicted octanol–water partition coefficient (Wildman–Crippen LogP) is 3.82. The summed E-state index contributed by atoms with van der Waals surface area (Å²) >= 11 is 8.67. The molecule has 4 heterocycles. The molecule has 1 atom stereocenters. The first-order chi connectivity index (χ1) is 10.6. The van der Waals surface area contributed by atoms with Crippen LogP contribution in [0, 0.1) is 10.7 Å². The molecule has 0 aliphatic carbocycles. The van der Waals surface area contributed by atoms with Crippen molar-refractivity contribution in [3.8, 4) is 0 Å². The number of fused-ring (bicyclic) bond motifs is 5. The van der Waals surface area contributed by atoms with E-state index >= 15 is 0 Å². The maximum Gasteiger partial charge on any atom is 0.201 e. The van der Waals surface area contributed by atoms with Crippen molar-refractivity contribution in [2.24, 2.45) is 5.92 Å². The Morgan fingerprint density at radius 2 is 2.32 bits per heavy atom. The summed E-state index contributed by atoms with van der Waals surface area (Å²) in [4.78, 5) is 7.10. The number of thiophene rings is 1. The molecule has 0 unspecified atom stereocenters. The first kappa shape index (κ1) is 14.6. The molecule has 4 rings (SSSR count). The molecule has 0 radical (unpaired) electrons. The average molecular weight is 353 g/mol. The summed E-state index contributed by atoms with van der Waals surface area (Å²) in [7, 11) is 0. The Bertz CT molecular complexity index is 924. The number of rotatable bonds is 2. The molecule has 5 nitrogen and oxygen atoms in total. The summed E-state index contributed by atoms with van der Waals surface area (Å²) in [6, 6.07) is 0. The van der Waals surface area contributed by atoms with Crippen molar-refractivity contribution in [1.82, 2.24) is 19.6 Å². The Kier molecular flexibility index (Phi) is 3.52. The highest BCUT2D eigenvalue weighted by atomic mass is 32.2. The van der Waals surface area contributed by atoms with E-state index < -0.39 is 0 Å². The molecule has 1 aliphatic rings. The van der Waals surface area contributed by atoms with Gasteiger partial charge in [-0.3, -0.25) is 5.10 Å². The van der Waals surface area contributed by atoms with Crippen molar-refractivity contribution in [3.63, 3.8) is 0 Å². The van der Waals surface area contributed by atoms with Crippen LogP contribution in [0.3, 0.4) is 0 Å². The quantitative estimate of drug-likeness (QED) is 0.432. The van der Waals surface area contributed by atoms with E-state index in [1.165, 1.54) is 10.4 Å². The van der Waals surface area contributed by atoms with Gasteiger partial charge in [0.2, 0.25) is 4.77 Å². The second-order valence-corrected chi connectivity index (χ2v) is 8.01. The van der Waals surface area contributed by atoms with Gasteiger partial charge in [0.05, 0.1) is 18.1 Å². The van der Waals surface area contributed by atoms with Crippen LogP contribution >= 0.6 is 35.3 Å². The number of thioether (sulfide) groups is 1. The summed E-state index contributed by atoms with van der Waals surface area (Å²) in [5.41, 5.74) is 2.23. The summed E-state index contributed by atoms with van der Waals surface area (Å²) in [5, 5.41) is 9.39. The van der Waals surface area contributed by atoms with Gasteiger partial charge >= 0.3 is 0 Å². The van der Waals surface area contributed by atoms with Gasteiger partial charge in [-0.05, 0) is 30.0 Å². The second-order valence-electron chi connectivity index (χ2n) is 5.77. The molecule has 0 bridgehead atoms. The minimum absolute atomic E-state index is 0.257. The Morgan fingerprint density at radius 3 is 3.05 bits per heavy atom. The third-order valence-electron chi connectivity index (χ3n) is 4.12. The molecule has 8 heteroatoms. The fraction of sp³-hybridized carbons (Fsp3) is 0.500. The third-order valence-corrected chi connectivity index (χ3v) is 6.13. The van der Waals surface area contributed by atoms with Crippen molar-refractivity contribution in [2.75, 3.05) is 6.26 Å². The number of aromatic amines is 1.